The summed E-state index contributed by atoms with van der Waals surface area (Å²) in [6, 6.07) is 14.8. The molecule has 1 atom stereocenters. The molecule has 1 heterocycles. The van der Waals surface area contributed by atoms with Gasteiger partial charge >= 0.3 is 6.03 Å². The number of halogens is 2. The van der Waals surface area contributed by atoms with Crippen LogP contribution < -0.4 is 11.1 Å². The summed E-state index contributed by atoms with van der Waals surface area (Å²) < 4.78 is 0. The van der Waals surface area contributed by atoms with E-state index in [1.165, 1.54) is 4.90 Å². The number of alkyl halides is 1. The monoisotopic (exact) mass is 446 g/mol. The third-order valence-corrected chi connectivity index (χ3v) is 5.58. The summed E-state index contributed by atoms with van der Waals surface area (Å²) in [6.07, 6.45) is 1.75. The van der Waals surface area contributed by atoms with Gasteiger partial charge in [0, 0.05) is 23.7 Å². The van der Waals surface area contributed by atoms with Gasteiger partial charge in [0.1, 0.15) is 11.9 Å². The third kappa shape index (κ3) is 5.52. The first-order chi connectivity index (χ1) is 14.5. The van der Waals surface area contributed by atoms with Gasteiger partial charge in [0.2, 0.25) is 0 Å². The Bertz CT molecular complexity index is 931. The maximum absolute atomic E-state index is 12.5. The molecule has 1 aliphatic heterocycles. The van der Waals surface area contributed by atoms with Crippen molar-refractivity contribution in [1.82, 2.24) is 10.2 Å². The number of imide groups is 1. The molecule has 2 aromatic carbocycles. The van der Waals surface area contributed by atoms with E-state index in [1.54, 1.807) is 0 Å². The Morgan fingerprint density at radius 1 is 1.13 bits per heavy atom. The van der Waals surface area contributed by atoms with Gasteiger partial charge in [0.15, 0.2) is 0 Å². The van der Waals surface area contributed by atoms with Crippen LogP contribution in [0.5, 0.6) is 0 Å². The van der Waals surface area contributed by atoms with E-state index in [0.29, 0.717) is 43.2 Å². The quantitative estimate of drug-likeness (QED) is 0.201. The number of hydrogen-bond donors (Lipinski definition) is 2. The van der Waals surface area contributed by atoms with Crippen LogP contribution in [0.25, 0.3) is 11.1 Å². The predicted octanol–water partition coefficient (Wildman–Crippen LogP) is 3.85. The van der Waals surface area contributed by atoms with Crippen LogP contribution in [0.4, 0.5) is 4.79 Å². The molecule has 1 unspecified atom stereocenters. The van der Waals surface area contributed by atoms with Gasteiger partial charge in [0.25, 0.3) is 5.91 Å². The van der Waals surface area contributed by atoms with Crippen molar-refractivity contribution in [2.75, 3.05) is 19.0 Å². The molecule has 0 aromatic heterocycles. The Kier molecular flexibility index (Phi) is 7.71. The first kappa shape index (κ1) is 22.1. The van der Waals surface area contributed by atoms with Crippen LogP contribution >= 0.6 is 23.2 Å². The van der Waals surface area contributed by atoms with Gasteiger partial charge in [-0.15, -0.1) is 11.6 Å². The van der Waals surface area contributed by atoms with E-state index in [0.717, 1.165) is 16.7 Å². The molecule has 0 saturated carbocycles. The maximum Gasteiger partial charge on any atom is 0.324 e. The molecule has 1 aliphatic rings. The van der Waals surface area contributed by atoms with Crippen LogP contribution in [0, 0.1) is 0 Å². The first-order valence-electron chi connectivity index (χ1n) is 9.80. The average molecular weight is 447 g/mol. The molecule has 3 N–H and O–H groups in total. The number of amidine groups is 1. The number of nitrogens with zero attached hydrogens (tertiary/aromatic N) is 2. The number of hydrogen-bond acceptors (Lipinski definition) is 3. The van der Waals surface area contributed by atoms with Gasteiger partial charge in [0.05, 0.1) is 5.88 Å². The topological polar surface area (TPSA) is 87.8 Å². The molecule has 0 radical (unpaired) electrons. The summed E-state index contributed by atoms with van der Waals surface area (Å²) in [7, 11) is 0. The van der Waals surface area contributed by atoms with Crippen molar-refractivity contribution < 1.29 is 9.59 Å². The van der Waals surface area contributed by atoms with Gasteiger partial charge in [-0.1, -0.05) is 54.1 Å². The highest BCUT2D eigenvalue weighted by Crippen LogP contribution is 2.27. The van der Waals surface area contributed by atoms with Gasteiger partial charge in [-0.2, -0.15) is 0 Å². The molecule has 3 rings (SSSR count). The van der Waals surface area contributed by atoms with Gasteiger partial charge in [-0.05, 0) is 36.5 Å². The highest BCUT2D eigenvalue weighted by molar-refractivity contribution is 6.33. The summed E-state index contributed by atoms with van der Waals surface area (Å²) in [5.74, 6) is 0.370. The van der Waals surface area contributed by atoms with Crippen LogP contribution in [0.1, 0.15) is 18.4 Å². The minimum atomic E-state index is -0.507. The number of urea groups is 1. The summed E-state index contributed by atoms with van der Waals surface area (Å²) in [6.45, 7) is 0.819. The van der Waals surface area contributed by atoms with Crippen molar-refractivity contribution in [3.63, 3.8) is 0 Å². The highest BCUT2D eigenvalue weighted by atomic mass is 35.5. The second kappa shape index (κ2) is 10.5. The minimum absolute atomic E-state index is 0.187. The molecule has 158 valence electrons. The number of carbonyl (C=O) groups is 2. The first-order valence-corrected chi connectivity index (χ1v) is 10.7. The third-order valence-electron chi connectivity index (χ3n) is 4.97. The number of amides is 3. The molecule has 30 heavy (non-hydrogen) atoms. The zero-order valence-electron chi connectivity index (χ0n) is 16.5. The lowest BCUT2D eigenvalue weighted by Gasteiger charge is -2.13. The number of benzene rings is 2. The Morgan fingerprint density at radius 3 is 2.57 bits per heavy atom. The van der Waals surface area contributed by atoms with Crippen LogP contribution in [-0.4, -0.2) is 47.7 Å². The lowest BCUT2D eigenvalue weighted by atomic mass is 10.0. The summed E-state index contributed by atoms with van der Waals surface area (Å²) in [5.41, 5.74) is 8.59. The number of aliphatic imine (C=N–C) groups is 1. The largest absolute Gasteiger partial charge is 0.386 e. The molecule has 1 fully saturated rings. The highest BCUT2D eigenvalue weighted by Gasteiger charge is 2.36. The van der Waals surface area contributed by atoms with Gasteiger partial charge in [-0.3, -0.25) is 14.7 Å². The number of carbonyl (C=O) groups excluding carboxylic acids is 2. The normalized spacial score (nSPS) is 16.8. The Morgan fingerprint density at radius 2 is 1.87 bits per heavy atom. The van der Waals surface area contributed by atoms with E-state index in [4.69, 9.17) is 28.9 Å². The standard InChI is InChI=1S/C22H24Cl2N4O2/c23-14-20(25)26-12-3-6-19-21(29)28(22(30)27-19)13-11-15-7-9-16(10-8-15)17-4-1-2-5-18(17)24/h1-2,4-5,7-10,19H,3,6,11-14H2,(H2,25,26)(H,27,30). The Labute approximate surface area is 186 Å². The number of rotatable bonds is 9. The molecule has 0 bridgehead atoms. The summed E-state index contributed by atoms with van der Waals surface area (Å²) in [4.78, 5) is 30.1. The molecule has 0 spiro atoms. The lowest BCUT2D eigenvalue weighted by molar-refractivity contribution is -0.127. The molecule has 6 nitrogen and oxygen atoms in total. The van der Waals surface area contributed by atoms with E-state index in [2.05, 4.69) is 10.3 Å². The van der Waals surface area contributed by atoms with Crippen molar-refractivity contribution in [1.29, 1.82) is 0 Å². The van der Waals surface area contributed by atoms with Gasteiger partial charge < -0.3 is 11.1 Å². The maximum atomic E-state index is 12.5. The van der Waals surface area contributed by atoms with Crippen LogP contribution in [0.2, 0.25) is 5.02 Å². The van der Waals surface area contributed by atoms with Crippen molar-refractivity contribution in [2.24, 2.45) is 10.7 Å². The Balaban J connectivity index is 1.52. The molecule has 3 amide bonds. The fourth-order valence-electron chi connectivity index (χ4n) is 3.33. The fourth-order valence-corrected chi connectivity index (χ4v) is 3.66. The smallest absolute Gasteiger partial charge is 0.324 e. The van der Waals surface area contributed by atoms with Crippen LogP contribution in [0.15, 0.2) is 53.5 Å². The van der Waals surface area contributed by atoms with Crippen molar-refractivity contribution in [3.8, 4) is 11.1 Å². The van der Waals surface area contributed by atoms with E-state index < -0.39 is 6.04 Å². The second-order valence-corrected chi connectivity index (χ2v) is 7.74. The van der Waals surface area contributed by atoms with E-state index in [9.17, 15) is 9.59 Å². The zero-order chi connectivity index (χ0) is 21.5. The SMILES string of the molecule is NC(CCl)=NCCCC1NC(=O)N(CCc2ccc(-c3ccccc3Cl)cc2)C1=O. The van der Waals surface area contributed by atoms with Gasteiger partial charge in [-0.25, -0.2) is 4.79 Å². The van der Waals surface area contributed by atoms with Crippen LogP contribution in [-0.2, 0) is 11.2 Å². The number of nitrogens with two attached hydrogens (primary N) is 1. The van der Waals surface area contributed by atoms with Crippen molar-refractivity contribution in [3.05, 3.63) is 59.1 Å². The van der Waals surface area contributed by atoms with Crippen molar-refractivity contribution in [2.45, 2.75) is 25.3 Å². The predicted molar refractivity (Wildman–Crippen MR) is 121 cm³/mol. The number of nitrogens with one attached hydrogen (secondary N) is 1. The molecule has 1 saturated heterocycles. The van der Waals surface area contributed by atoms with E-state index in [1.807, 2.05) is 48.5 Å². The van der Waals surface area contributed by atoms with Crippen molar-refractivity contribution >= 4 is 41.0 Å². The van der Waals surface area contributed by atoms with Crippen LogP contribution in [0.3, 0.4) is 0 Å². The molecular weight excluding hydrogens is 423 g/mol. The van der Waals surface area contributed by atoms with E-state index in [-0.39, 0.29) is 17.8 Å². The fraction of sp³-hybridized carbons (Fsp3) is 0.318. The average Bonchev–Trinajstić information content (AvgIpc) is 3.03. The molecular formula is C22H24Cl2N4O2. The summed E-state index contributed by atoms with van der Waals surface area (Å²) >= 11 is 11.8. The Hall–Kier alpha value is -2.57. The molecule has 8 heteroatoms. The molecule has 2 aromatic rings. The summed E-state index contributed by atoms with van der Waals surface area (Å²) in [5, 5.41) is 3.45. The molecule has 0 aliphatic carbocycles. The lowest BCUT2D eigenvalue weighted by Crippen LogP contribution is -2.33. The van der Waals surface area contributed by atoms with E-state index >= 15 is 0 Å². The minimum Gasteiger partial charge on any atom is -0.386 e. The second-order valence-electron chi connectivity index (χ2n) is 7.07. The zero-order valence-corrected chi connectivity index (χ0v) is 18.0.